The quantitative estimate of drug-likeness (QED) is 0.431. The minimum atomic E-state index is -0.583. The van der Waals surface area contributed by atoms with Gasteiger partial charge < -0.3 is 14.4 Å². The number of hydrogen-bond acceptors (Lipinski definition) is 5. The molecular weight excluding hydrogens is 479 g/mol. The smallest absolute Gasteiger partial charge is 0.264 e. The molecule has 0 aliphatic heterocycles. The fourth-order valence-electron chi connectivity index (χ4n) is 3.34. The number of carbonyl (C=O) groups excluding carboxylic acids is 1. The third-order valence-corrected chi connectivity index (χ3v) is 5.38. The van der Waals surface area contributed by atoms with E-state index in [1.165, 1.54) is 16.7 Å². The molecule has 0 aliphatic carbocycles. The predicted octanol–water partition coefficient (Wildman–Crippen LogP) is 4.72. The second kappa shape index (κ2) is 8.88. The Kier molecular flexibility index (Phi) is 6.00. The number of benzene rings is 2. The first-order valence-corrected chi connectivity index (χ1v) is 10.5. The van der Waals surface area contributed by atoms with E-state index in [2.05, 4.69) is 31.4 Å². The first-order valence-electron chi connectivity index (χ1n) is 9.69. The van der Waals surface area contributed by atoms with Gasteiger partial charge in [0.2, 0.25) is 11.7 Å². The van der Waals surface area contributed by atoms with Gasteiger partial charge in [0, 0.05) is 15.7 Å². The highest BCUT2D eigenvalue weighted by Crippen LogP contribution is 2.23. The van der Waals surface area contributed by atoms with Gasteiger partial charge in [-0.05, 0) is 43.7 Å². The summed E-state index contributed by atoms with van der Waals surface area (Å²) in [6, 6.07) is 15.3. The zero-order chi connectivity index (χ0) is 22.8. The summed E-state index contributed by atoms with van der Waals surface area (Å²) in [7, 11) is 0. The molecule has 4 rings (SSSR count). The molecule has 32 heavy (non-hydrogen) atoms. The molecule has 1 N–H and O–H groups in total. The number of hydrogen-bond donors (Lipinski definition) is 1. The summed E-state index contributed by atoms with van der Waals surface area (Å²) in [4.78, 5) is 30.1. The monoisotopic (exact) mass is 496 g/mol. The van der Waals surface area contributed by atoms with Crippen molar-refractivity contribution in [3.8, 4) is 22.8 Å². The molecule has 7 nitrogen and oxygen atoms in total. The number of nitrogens with one attached hydrogen (secondary N) is 1. The van der Waals surface area contributed by atoms with E-state index in [0.29, 0.717) is 21.6 Å². The molecule has 1 amide bonds. The Balaban J connectivity index is 1.65. The molecule has 162 valence electrons. The van der Waals surface area contributed by atoms with Crippen molar-refractivity contribution in [3.63, 3.8) is 0 Å². The molecule has 0 bridgehead atoms. The molecule has 2 aromatic heterocycles. The number of carbonyl (C=O) groups is 1. The van der Waals surface area contributed by atoms with E-state index in [1.54, 1.807) is 26.0 Å². The minimum absolute atomic E-state index is 0.0284. The largest absolute Gasteiger partial charge is 0.333 e. The maximum absolute atomic E-state index is 14.0. The van der Waals surface area contributed by atoms with Gasteiger partial charge in [0.25, 0.3) is 11.4 Å². The van der Waals surface area contributed by atoms with E-state index >= 15 is 0 Å². The van der Waals surface area contributed by atoms with Crippen LogP contribution in [0.2, 0.25) is 0 Å². The number of nitrogens with zero attached hydrogens (tertiary/aromatic N) is 3. The van der Waals surface area contributed by atoms with Crippen LogP contribution in [0.4, 0.5) is 10.1 Å². The van der Waals surface area contributed by atoms with Crippen molar-refractivity contribution in [2.24, 2.45) is 0 Å². The molecule has 0 atom stereocenters. The van der Waals surface area contributed by atoms with Crippen LogP contribution in [0.3, 0.4) is 0 Å². The minimum Gasteiger partial charge on any atom is -0.333 e. The summed E-state index contributed by atoms with van der Waals surface area (Å²) in [5.41, 5.74) is 1.77. The van der Waals surface area contributed by atoms with Gasteiger partial charge in [-0.3, -0.25) is 9.59 Å². The summed E-state index contributed by atoms with van der Waals surface area (Å²) in [6.45, 7) is 3.18. The Labute approximate surface area is 191 Å². The number of halogens is 2. The van der Waals surface area contributed by atoms with Crippen LogP contribution in [0.25, 0.3) is 22.8 Å². The molecule has 0 aliphatic rings. The number of anilines is 1. The fraction of sp³-hybridized carbons (Fsp3) is 0.130. The van der Waals surface area contributed by atoms with Crippen LogP contribution in [0.1, 0.15) is 11.3 Å². The Hall–Kier alpha value is -3.59. The van der Waals surface area contributed by atoms with E-state index < -0.39 is 17.3 Å². The number of rotatable bonds is 5. The average molecular weight is 497 g/mol. The summed E-state index contributed by atoms with van der Waals surface area (Å²) in [5, 5.41) is 6.47. The van der Waals surface area contributed by atoms with Gasteiger partial charge in [-0.2, -0.15) is 4.98 Å². The summed E-state index contributed by atoms with van der Waals surface area (Å²) < 4.78 is 21.3. The molecule has 0 saturated carbocycles. The Morgan fingerprint density at radius 1 is 1.16 bits per heavy atom. The van der Waals surface area contributed by atoms with Crippen molar-refractivity contribution in [2.45, 2.75) is 20.4 Å². The number of aryl methyl sites for hydroxylation is 2. The first kappa shape index (κ1) is 21.6. The lowest BCUT2D eigenvalue weighted by Crippen LogP contribution is -2.31. The molecular formula is C23H18BrFN4O3. The molecule has 2 heterocycles. The van der Waals surface area contributed by atoms with Crippen molar-refractivity contribution >= 4 is 27.5 Å². The number of pyridine rings is 1. The van der Waals surface area contributed by atoms with Crippen LogP contribution in [0, 0.1) is 19.7 Å². The van der Waals surface area contributed by atoms with Crippen molar-refractivity contribution in [1.29, 1.82) is 0 Å². The van der Waals surface area contributed by atoms with Gasteiger partial charge in [0.15, 0.2) is 0 Å². The first-order chi connectivity index (χ1) is 15.3. The molecule has 0 fully saturated rings. The Morgan fingerprint density at radius 3 is 2.62 bits per heavy atom. The molecule has 0 unspecified atom stereocenters. The number of aromatic nitrogens is 3. The fourth-order valence-corrected chi connectivity index (χ4v) is 3.67. The van der Waals surface area contributed by atoms with Crippen LogP contribution >= 0.6 is 15.9 Å². The normalized spacial score (nSPS) is 10.9. The summed E-state index contributed by atoms with van der Waals surface area (Å²) in [5.74, 6) is -0.697. The maximum Gasteiger partial charge on any atom is 0.264 e. The molecule has 0 radical (unpaired) electrons. The van der Waals surface area contributed by atoms with Crippen LogP contribution in [-0.4, -0.2) is 20.6 Å². The van der Waals surface area contributed by atoms with Crippen LogP contribution in [-0.2, 0) is 11.3 Å². The van der Waals surface area contributed by atoms with Gasteiger partial charge in [0.1, 0.15) is 17.9 Å². The lowest BCUT2D eigenvalue weighted by molar-refractivity contribution is -0.116. The zero-order valence-corrected chi connectivity index (χ0v) is 18.8. The van der Waals surface area contributed by atoms with E-state index in [4.69, 9.17) is 4.52 Å². The number of amides is 1. The van der Waals surface area contributed by atoms with Crippen molar-refractivity contribution in [3.05, 3.63) is 86.5 Å². The molecule has 0 spiro atoms. The third-order valence-electron chi connectivity index (χ3n) is 4.88. The van der Waals surface area contributed by atoms with E-state index in [1.807, 2.05) is 30.3 Å². The predicted molar refractivity (Wildman–Crippen MR) is 122 cm³/mol. The lowest BCUT2D eigenvalue weighted by atomic mass is 10.1. The second-order valence-corrected chi connectivity index (χ2v) is 8.11. The van der Waals surface area contributed by atoms with Gasteiger partial charge in [-0.1, -0.05) is 51.4 Å². The summed E-state index contributed by atoms with van der Waals surface area (Å²) >= 11 is 3.17. The van der Waals surface area contributed by atoms with E-state index in [-0.39, 0.29) is 23.7 Å². The highest BCUT2D eigenvalue weighted by Gasteiger charge is 2.20. The van der Waals surface area contributed by atoms with Gasteiger partial charge in [0.05, 0.1) is 5.69 Å². The zero-order valence-electron chi connectivity index (χ0n) is 17.2. The topological polar surface area (TPSA) is 90.0 Å². The highest BCUT2D eigenvalue weighted by molar-refractivity contribution is 9.10. The molecule has 2 aromatic carbocycles. The second-order valence-electron chi connectivity index (χ2n) is 7.20. The lowest BCUT2D eigenvalue weighted by Gasteiger charge is -2.13. The van der Waals surface area contributed by atoms with Gasteiger partial charge >= 0.3 is 0 Å². The SMILES string of the molecule is Cc1cc(C)n(CC(=O)Nc2ccc(Br)cc2F)c(=O)c1-c1nc(-c2ccccc2)no1. The summed E-state index contributed by atoms with van der Waals surface area (Å²) in [6.07, 6.45) is 0. The molecule has 4 aromatic rings. The van der Waals surface area contributed by atoms with E-state index in [9.17, 15) is 14.0 Å². The molecule has 9 heteroatoms. The van der Waals surface area contributed by atoms with Gasteiger partial charge in [-0.15, -0.1) is 0 Å². The van der Waals surface area contributed by atoms with E-state index in [0.717, 1.165) is 5.56 Å². The van der Waals surface area contributed by atoms with Crippen LogP contribution in [0.5, 0.6) is 0 Å². The van der Waals surface area contributed by atoms with Gasteiger partial charge in [-0.25, -0.2) is 4.39 Å². The maximum atomic E-state index is 14.0. The average Bonchev–Trinajstić information content (AvgIpc) is 3.23. The standard InChI is InChI=1S/C23H18BrFN4O3/c1-13-10-14(2)29(12-19(30)26-18-9-8-16(24)11-17(18)25)23(31)20(13)22-27-21(28-32-22)15-6-4-3-5-7-15/h3-11H,12H2,1-2H3,(H,26,30). The van der Waals surface area contributed by atoms with Crippen molar-refractivity contribution in [2.75, 3.05) is 5.32 Å². The highest BCUT2D eigenvalue weighted by atomic mass is 79.9. The Morgan fingerprint density at radius 2 is 1.91 bits per heavy atom. The molecule has 0 saturated heterocycles. The van der Waals surface area contributed by atoms with Crippen molar-refractivity contribution < 1.29 is 13.7 Å². The Bertz CT molecular complexity index is 1370. The van der Waals surface area contributed by atoms with Crippen molar-refractivity contribution in [1.82, 2.24) is 14.7 Å². The van der Waals surface area contributed by atoms with Crippen LogP contribution in [0.15, 0.2) is 68.4 Å². The third kappa shape index (κ3) is 4.38. The van der Waals surface area contributed by atoms with Crippen LogP contribution < -0.4 is 10.9 Å².